The molecule has 0 unspecified atom stereocenters. The molecule has 0 saturated carbocycles. The SMILES string of the molecule is CN(Cc1ccc(C#N)cc1F)C1CCOCC1. The van der Waals surface area contributed by atoms with E-state index in [4.69, 9.17) is 10.00 Å². The molecular formula is C14H17FN2O. The first-order valence-corrected chi connectivity index (χ1v) is 6.17. The quantitative estimate of drug-likeness (QED) is 0.823. The molecule has 1 aromatic carbocycles. The summed E-state index contributed by atoms with van der Waals surface area (Å²) in [5, 5.41) is 8.70. The van der Waals surface area contributed by atoms with Crippen molar-refractivity contribution in [3.63, 3.8) is 0 Å². The van der Waals surface area contributed by atoms with E-state index in [1.54, 1.807) is 12.1 Å². The Labute approximate surface area is 107 Å². The fourth-order valence-corrected chi connectivity index (χ4v) is 2.27. The molecular weight excluding hydrogens is 231 g/mol. The number of nitrogens with zero attached hydrogens (tertiary/aromatic N) is 2. The van der Waals surface area contributed by atoms with Crippen LogP contribution in [0.1, 0.15) is 24.0 Å². The van der Waals surface area contributed by atoms with Crippen molar-refractivity contribution in [2.45, 2.75) is 25.4 Å². The lowest BCUT2D eigenvalue weighted by atomic mass is 10.1. The van der Waals surface area contributed by atoms with Crippen molar-refractivity contribution in [1.29, 1.82) is 5.26 Å². The van der Waals surface area contributed by atoms with Crippen molar-refractivity contribution < 1.29 is 9.13 Å². The van der Waals surface area contributed by atoms with Crippen molar-refractivity contribution in [2.24, 2.45) is 0 Å². The predicted octanol–water partition coefficient (Wildman–Crippen LogP) is 2.31. The molecule has 0 N–H and O–H groups in total. The first-order valence-electron chi connectivity index (χ1n) is 6.17. The lowest BCUT2D eigenvalue weighted by Gasteiger charge is -2.31. The standard InChI is InChI=1S/C14H17FN2O/c1-17(13-4-6-18-7-5-13)10-12-3-2-11(9-16)8-14(12)15/h2-3,8,13H,4-7,10H2,1H3. The maximum Gasteiger partial charge on any atom is 0.129 e. The van der Waals surface area contributed by atoms with E-state index < -0.39 is 0 Å². The second-order valence-electron chi connectivity index (χ2n) is 4.68. The first-order chi connectivity index (χ1) is 8.70. The summed E-state index contributed by atoms with van der Waals surface area (Å²) >= 11 is 0. The van der Waals surface area contributed by atoms with Gasteiger partial charge in [-0.15, -0.1) is 0 Å². The van der Waals surface area contributed by atoms with Gasteiger partial charge in [0, 0.05) is 31.4 Å². The summed E-state index contributed by atoms with van der Waals surface area (Å²) in [7, 11) is 2.01. The molecule has 1 saturated heterocycles. The third kappa shape index (κ3) is 3.06. The number of halogens is 1. The Morgan fingerprint density at radius 3 is 2.78 bits per heavy atom. The number of nitriles is 1. The maximum absolute atomic E-state index is 13.8. The second kappa shape index (κ2) is 5.94. The minimum atomic E-state index is -0.298. The molecule has 0 amide bonds. The van der Waals surface area contributed by atoms with Crippen molar-refractivity contribution in [3.05, 3.63) is 35.1 Å². The molecule has 4 heteroatoms. The van der Waals surface area contributed by atoms with Crippen molar-refractivity contribution in [1.82, 2.24) is 4.90 Å². The Kier molecular flexibility index (Phi) is 4.29. The maximum atomic E-state index is 13.8. The van der Waals surface area contributed by atoms with Gasteiger partial charge in [-0.25, -0.2) is 4.39 Å². The molecule has 0 bridgehead atoms. The molecule has 0 aromatic heterocycles. The van der Waals surface area contributed by atoms with E-state index in [2.05, 4.69) is 4.90 Å². The molecule has 0 radical (unpaired) electrons. The van der Waals surface area contributed by atoms with Gasteiger partial charge in [0.15, 0.2) is 0 Å². The first kappa shape index (κ1) is 13.0. The number of benzene rings is 1. The Bertz CT molecular complexity index is 450. The number of hydrogen-bond acceptors (Lipinski definition) is 3. The highest BCUT2D eigenvalue weighted by Gasteiger charge is 2.19. The smallest absolute Gasteiger partial charge is 0.129 e. The zero-order valence-corrected chi connectivity index (χ0v) is 10.5. The molecule has 0 aliphatic carbocycles. The van der Waals surface area contributed by atoms with Crippen LogP contribution in [0.2, 0.25) is 0 Å². The molecule has 1 fully saturated rings. The van der Waals surface area contributed by atoms with Gasteiger partial charge in [0.05, 0.1) is 11.6 Å². The van der Waals surface area contributed by atoms with E-state index >= 15 is 0 Å². The van der Waals surface area contributed by atoms with Crippen LogP contribution in [0.15, 0.2) is 18.2 Å². The van der Waals surface area contributed by atoms with Crippen LogP contribution in [0.25, 0.3) is 0 Å². The molecule has 96 valence electrons. The molecule has 0 atom stereocenters. The van der Waals surface area contributed by atoms with E-state index in [1.165, 1.54) is 6.07 Å². The van der Waals surface area contributed by atoms with Crippen LogP contribution in [-0.4, -0.2) is 31.2 Å². The highest BCUT2D eigenvalue weighted by atomic mass is 19.1. The lowest BCUT2D eigenvalue weighted by Crippen LogP contribution is -2.36. The van der Waals surface area contributed by atoms with Crippen LogP contribution in [-0.2, 0) is 11.3 Å². The van der Waals surface area contributed by atoms with Crippen LogP contribution >= 0.6 is 0 Å². The zero-order chi connectivity index (χ0) is 13.0. The molecule has 18 heavy (non-hydrogen) atoms. The van der Waals surface area contributed by atoms with E-state index in [-0.39, 0.29) is 5.82 Å². The molecule has 0 spiro atoms. The van der Waals surface area contributed by atoms with Gasteiger partial charge < -0.3 is 4.74 Å². The monoisotopic (exact) mass is 248 g/mol. The third-order valence-electron chi connectivity index (χ3n) is 3.42. The summed E-state index contributed by atoms with van der Waals surface area (Å²) < 4.78 is 19.1. The Morgan fingerprint density at radius 2 is 2.17 bits per heavy atom. The van der Waals surface area contributed by atoms with Gasteiger partial charge >= 0.3 is 0 Å². The second-order valence-corrected chi connectivity index (χ2v) is 4.68. The number of ether oxygens (including phenoxy) is 1. The van der Waals surface area contributed by atoms with Gasteiger partial charge in [0.2, 0.25) is 0 Å². The highest BCUT2D eigenvalue weighted by Crippen LogP contribution is 2.17. The topological polar surface area (TPSA) is 36.3 Å². The van der Waals surface area contributed by atoms with E-state index in [0.717, 1.165) is 26.1 Å². The normalized spacial score (nSPS) is 16.8. The van der Waals surface area contributed by atoms with Gasteiger partial charge in [0.1, 0.15) is 5.82 Å². The van der Waals surface area contributed by atoms with Crippen LogP contribution in [0.5, 0.6) is 0 Å². The average molecular weight is 248 g/mol. The summed E-state index contributed by atoms with van der Waals surface area (Å²) in [6, 6.07) is 7.05. The Morgan fingerprint density at radius 1 is 1.44 bits per heavy atom. The minimum Gasteiger partial charge on any atom is -0.381 e. The van der Waals surface area contributed by atoms with Gasteiger partial charge in [-0.3, -0.25) is 4.90 Å². The largest absolute Gasteiger partial charge is 0.381 e. The molecule has 1 aliphatic rings. The number of hydrogen-bond donors (Lipinski definition) is 0. The lowest BCUT2D eigenvalue weighted by molar-refractivity contribution is 0.0404. The summed E-state index contributed by atoms with van der Waals surface area (Å²) in [6.45, 7) is 2.14. The fraction of sp³-hybridized carbons (Fsp3) is 0.500. The highest BCUT2D eigenvalue weighted by molar-refractivity contribution is 5.32. The number of rotatable bonds is 3. The van der Waals surface area contributed by atoms with Crippen molar-refractivity contribution in [3.8, 4) is 6.07 Å². The molecule has 1 aliphatic heterocycles. The predicted molar refractivity (Wildman–Crippen MR) is 66.4 cm³/mol. The van der Waals surface area contributed by atoms with Gasteiger partial charge in [0.25, 0.3) is 0 Å². The van der Waals surface area contributed by atoms with Crippen LogP contribution < -0.4 is 0 Å². The van der Waals surface area contributed by atoms with Gasteiger partial charge in [-0.2, -0.15) is 5.26 Å². The van der Waals surface area contributed by atoms with E-state index in [0.29, 0.717) is 23.7 Å². The summed E-state index contributed by atoms with van der Waals surface area (Å²) in [5.74, 6) is -0.298. The minimum absolute atomic E-state index is 0.298. The Balaban J connectivity index is 2.02. The molecule has 1 heterocycles. The van der Waals surface area contributed by atoms with Crippen LogP contribution in [0.4, 0.5) is 4.39 Å². The zero-order valence-electron chi connectivity index (χ0n) is 10.5. The average Bonchev–Trinajstić information content (AvgIpc) is 2.42. The summed E-state index contributed by atoms with van der Waals surface area (Å²) in [4.78, 5) is 2.16. The molecule has 1 aromatic rings. The summed E-state index contributed by atoms with van der Waals surface area (Å²) in [6.07, 6.45) is 1.99. The Hall–Kier alpha value is -1.44. The van der Waals surface area contributed by atoms with Crippen LogP contribution in [0, 0.1) is 17.1 Å². The van der Waals surface area contributed by atoms with Gasteiger partial charge in [-0.05, 0) is 32.0 Å². The van der Waals surface area contributed by atoms with Crippen molar-refractivity contribution in [2.75, 3.05) is 20.3 Å². The van der Waals surface area contributed by atoms with Crippen LogP contribution in [0.3, 0.4) is 0 Å². The summed E-state index contributed by atoms with van der Waals surface area (Å²) in [5.41, 5.74) is 1.01. The van der Waals surface area contributed by atoms with E-state index in [1.807, 2.05) is 13.1 Å². The molecule has 2 rings (SSSR count). The van der Waals surface area contributed by atoms with Crippen molar-refractivity contribution >= 4 is 0 Å². The fourth-order valence-electron chi connectivity index (χ4n) is 2.27. The molecule has 3 nitrogen and oxygen atoms in total. The van der Waals surface area contributed by atoms with Gasteiger partial charge in [-0.1, -0.05) is 6.07 Å². The van der Waals surface area contributed by atoms with E-state index in [9.17, 15) is 4.39 Å². The third-order valence-corrected chi connectivity index (χ3v) is 3.42.